The van der Waals surface area contributed by atoms with Crippen LogP contribution in [-0.4, -0.2) is 0 Å². The first-order valence-electron chi connectivity index (χ1n) is 6.73. The molecule has 18 heavy (non-hydrogen) atoms. The van der Waals surface area contributed by atoms with Gasteiger partial charge in [0.2, 0.25) is 0 Å². The molecule has 0 unspecified atom stereocenters. The Labute approximate surface area is 112 Å². The van der Waals surface area contributed by atoms with Crippen LogP contribution in [0.4, 0.5) is 0 Å². The van der Waals surface area contributed by atoms with Gasteiger partial charge in [-0.3, -0.25) is 0 Å². The van der Waals surface area contributed by atoms with Gasteiger partial charge in [-0.05, 0) is 55.5 Å². The van der Waals surface area contributed by atoms with Crippen molar-refractivity contribution in [2.24, 2.45) is 0 Å². The molecule has 0 N–H and O–H groups in total. The van der Waals surface area contributed by atoms with Crippen LogP contribution in [0.5, 0.6) is 0 Å². The number of rotatable bonds is 1. The quantitative estimate of drug-likeness (QED) is 0.607. The molecule has 96 valence electrons. The number of hydrogen-bond acceptors (Lipinski definition) is 0. The van der Waals surface area contributed by atoms with E-state index < -0.39 is 0 Å². The van der Waals surface area contributed by atoms with Crippen molar-refractivity contribution in [3.8, 4) is 11.1 Å². The molecule has 2 rings (SSSR count). The zero-order chi connectivity index (χ0) is 13.7. The normalized spacial score (nSPS) is 9.67. The van der Waals surface area contributed by atoms with Crippen LogP contribution >= 0.6 is 0 Å². The molecule has 0 fully saturated rings. The summed E-state index contributed by atoms with van der Waals surface area (Å²) in [6.45, 7) is 12.6. The minimum Gasteiger partial charge on any atom is -0.0683 e. The Morgan fingerprint density at radius 1 is 0.611 bits per heavy atom. The van der Waals surface area contributed by atoms with Crippen molar-refractivity contribution >= 4 is 0 Å². The van der Waals surface area contributed by atoms with Gasteiger partial charge in [0.15, 0.2) is 0 Å². The van der Waals surface area contributed by atoms with Gasteiger partial charge in [0.05, 0.1) is 0 Å². The summed E-state index contributed by atoms with van der Waals surface area (Å²) in [5.41, 5.74) is 8.05. The Bertz CT molecular complexity index is 522. The molecule has 0 nitrogen and oxygen atoms in total. The molecular weight excluding hydrogens is 216 g/mol. The minimum atomic E-state index is 1.32. The molecule has 0 heterocycles. The zero-order valence-electron chi connectivity index (χ0n) is 12.5. The second-order valence-electron chi connectivity index (χ2n) is 4.62. The third kappa shape index (κ3) is 3.22. The molecule has 0 saturated carbocycles. The average Bonchev–Trinajstić information content (AvgIpc) is 2.35. The lowest BCUT2D eigenvalue weighted by atomic mass is 9.96. The summed E-state index contributed by atoms with van der Waals surface area (Å²) in [7, 11) is 0. The summed E-state index contributed by atoms with van der Waals surface area (Å²) in [5, 5.41) is 0. The second kappa shape index (κ2) is 6.39. The molecule has 0 aliphatic heterocycles. The van der Waals surface area contributed by atoms with Gasteiger partial charge in [-0.25, -0.2) is 0 Å². The van der Waals surface area contributed by atoms with Crippen molar-refractivity contribution < 1.29 is 0 Å². The number of benzene rings is 2. The highest BCUT2D eigenvalue weighted by atomic mass is 14.1. The van der Waals surface area contributed by atoms with Gasteiger partial charge in [-0.15, -0.1) is 0 Å². The van der Waals surface area contributed by atoms with E-state index in [2.05, 4.69) is 64.1 Å². The Kier molecular flexibility index (Phi) is 5.15. The summed E-state index contributed by atoms with van der Waals surface area (Å²) in [6.07, 6.45) is 0. The van der Waals surface area contributed by atoms with Crippen molar-refractivity contribution in [2.45, 2.75) is 41.5 Å². The summed E-state index contributed by atoms with van der Waals surface area (Å²) < 4.78 is 0. The fourth-order valence-corrected chi connectivity index (χ4v) is 2.05. The van der Waals surface area contributed by atoms with E-state index in [1.165, 1.54) is 33.4 Å². The van der Waals surface area contributed by atoms with E-state index in [1.54, 1.807) is 0 Å². The predicted molar refractivity (Wildman–Crippen MR) is 82.2 cm³/mol. The lowest BCUT2D eigenvalue weighted by Gasteiger charge is -2.09. The standard InChI is InChI=1S/C16H18.C2H6/c1-11-5-8-16(14(4)9-11)15-7-6-12(2)13(3)10-15;1-2/h5-10H,1-4H3;1-2H3. The summed E-state index contributed by atoms with van der Waals surface area (Å²) >= 11 is 0. The lowest BCUT2D eigenvalue weighted by Crippen LogP contribution is -1.87. The highest BCUT2D eigenvalue weighted by Crippen LogP contribution is 2.25. The average molecular weight is 240 g/mol. The van der Waals surface area contributed by atoms with Crippen LogP contribution in [0.25, 0.3) is 11.1 Å². The molecular formula is C18H24. The van der Waals surface area contributed by atoms with E-state index in [1.807, 2.05) is 13.8 Å². The van der Waals surface area contributed by atoms with Gasteiger partial charge in [-0.1, -0.05) is 55.8 Å². The largest absolute Gasteiger partial charge is 0.0683 e. The van der Waals surface area contributed by atoms with Gasteiger partial charge < -0.3 is 0 Å². The lowest BCUT2D eigenvalue weighted by molar-refractivity contribution is 1.33. The topological polar surface area (TPSA) is 0 Å². The molecule has 0 heteroatoms. The van der Waals surface area contributed by atoms with Gasteiger partial charge in [0.25, 0.3) is 0 Å². The van der Waals surface area contributed by atoms with Crippen molar-refractivity contribution in [3.63, 3.8) is 0 Å². The highest BCUT2D eigenvalue weighted by Gasteiger charge is 2.03. The predicted octanol–water partition coefficient (Wildman–Crippen LogP) is 5.61. The Morgan fingerprint density at radius 3 is 1.83 bits per heavy atom. The monoisotopic (exact) mass is 240 g/mol. The van der Waals surface area contributed by atoms with Gasteiger partial charge >= 0.3 is 0 Å². The molecule has 0 radical (unpaired) electrons. The van der Waals surface area contributed by atoms with Crippen LogP contribution < -0.4 is 0 Å². The summed E-state index contributed by atoms with van der Waals surface area (Å²) in [4.78, 5) is 0. The van der Waals surface area contributed by atoms with Crippen molar-refractivity contribution in [1.82, 2.24) is 0 Å². The Balaban J connectivity index is 0.000000771. The van der Waals surface area contributed by atoms with Crippen LogP contribution in [0.1, 0.15) is 36.1 Å². The molecule has 0 amide bonds. The maximum atomic E-state index is 2.27. The molecule has 0 bridgehead atoms. The van der Waals surface area contributed by atoms with E-state index >= 15 is 0 Å². The van der Waals surface area contributed by atoms with Crippen LogP contribution in [0.15, 0.2) is 36.4 Å². The Morgan fingerprint density at radius 2 is 1.28 bits per heavy atom. The SMILES string of the molecule is CC.Cc1ccc(-c2ccc(C)c(C)c2)c(C)c1. The van der Waals surface area contributed by atoms with Crippen molar-refractivity contribution in [2.75, 3.05) is 0 Å². The van der Waals surface area contributed by atoms with E-state index in [0.717, 1.165) is 0 Å². The molecule has 0 aliphatic rings. The van der Waals surface area contributed by atoms with E-state index in [9.17, 15) is 0 Å². The van der Waals surface area contributed by atoms with Gasteiger partial charge in [-0.2, -0.15) is 0 Å². The van der Waals surface area contributed by atoms with E-state index in [0.29, 0.717) is 0 Å². The fraction of sp³-hybridized carbons (Fsp3) is 0.333. The molecule has 2 aromatic rings. The number of aryl methyl sites for hydroxylation is 4. The van der Waals surface area contributed by atoms with Crippen LogP contribution in [-0.2, 0) is 0 Å². The first-order chi connectivity index (χ1) is 8.58. The molecule has 0 atom stereocenters. The van der Waals surface area contributed by atoms with Gasteiger partial charge in [0.1, 0.15) is 0 Å². The van der Waals surface area contributed by atoms with Gasteiger partial charge in [0, 0.05) is 0 Å². The summed E-state index contributed by atoms with van der Waals surface area (Å²) in [6, 6.07) is 13.3. The molecule has 2 aromatic carbocycles. The smallest absolute Gasteiger partial charge is 0.0154 e. The summed E-state index contributed by atoms with van der Waals surface area (Å²) in [5.74, 6) is 0. The zero-order valence-corrected chi connectivity index (χ0v) is 12.5. The third-order valence-corrected chi connectivity index (χ3v) is 3.20. The molecule has 0 aromatic heterocycles. The van der Waals surface area contributed by atoms with Crippen LogP contribution in [0.3, 0.4) is 0 Å². The molecule has 0 spiro atoms. The maximum Gasteiger partial charge on any atom is -0.0154 e. The highest BCUT2D eigenvalue weighted by molar-refractivity contribution is 5.68. The Hall–Kier alpha value is -1.56. The van der Waals surface area contributed by atoms with Crippen LogP contribution in [0, 0.1) is 27.7 Å². The molecule has 0 aliphatic carbocycles. The van der Waals surface area contributed by atoms with Crippen LogP contribution in [0.2, 0.25) is 0 Å². The second-order valence-corrected chi connectivity index (χ2v) is 4.62. The number of hydrogen-bond donors (Lipinski definition) is 0. The first kappa shape index (κ1) is 14.5. The van der Waals surface area contributed by atoms with E-state index in [-0.39, 0.29) is 0 Å². The van der Waals surface area contributed by atoms with Crippen molar-refractivity contribution in [3.05, 3.63) is 58.7 Å². The minimum absolute atomic E-state index is 1.32. The molecule has 0 saturated heterocycles. The fourth-order valence-electron chi connectivity index (χ4n) is 2.05. The maximum absolute atomic E-state index is 2.27. The van der Waals surface area contributed by atoms with Crippen molar-refractivity contribution in [1.29, 1.82) is 0 Å². The van der Waals surface area contributed by atoms with E-state index in [4.69, 9.17) is 0 Å². The third-order valence-electron chi connectivity index (χ3n) is 3.20. The first-order valence-corrected chi connectivity index (χ1v) is 6.73.